The second-order valence-corrected chi connectivity index (χ2v) is 4.61. The second kappa shape index (κ2) is 5.49. The molecule has 1 aromatic carbocycles. The van der Waals surface area contributed by atoms with Crippen molar-refractivity contribution in [3.05, 3.63) is 48.2 Å². The van der Waals surface area contributed by atoms with Crippen LogP contribution in [0.25, 0.3) is 0 Å². The number of aromatic nitrogens is 2. The Morgan fingerprint density at radius 2 is 2.00 bits per heavy atom. The second-order valence-electron chi connectivity index (χ2n) is 4.61. The van der Waals surface area contributed by atoms with E-state index in [0.29, 0.717) is 11.5 Å². The van der Waals surface area contributed by atoms with Crippen LogP contribution in [-0.4, -0.2) is 15.7 Å². The van der Waals surface area contributed by atoms with E-state index in [4.69, 9.17) is 0 Å². The molecular formula is C14H17N3O. The van der Waals surface area contributed by atoms with E-state index in [0.717, 1.165) is 12.4 Å². The third-order valence-corrected chi connectivity index (χ3v) is 2.53. The van der Waals surface area contributed by atoms with Gasteiger partial charge in [-0.1, -0.05) is 32.0 Å². The number of carbonyl (C=O) groups is 1. The number of nitrogens with one attached hydrogen (secondary N) is 1. The van der Waals surface area contributed by atoms with Gasteiger partial charge in [0.05, 0.1) is 6.20 Å². The third-order valence-electron chi connectivity index (χ3n) is 2.53. The normalized spacial score (nSPS) is 10.6. The molecule has 0 spiro atoms. The minimum absolute atomic E-state index is 0.110. The van der Waals surface area contributed by atoms with Crippen molar-refractivity contribution in [1.82, 2.24) is 9.78 Å². The molecule has 1 aromatic heterocycles. The Morgan fingerprint density at radius 1 is 1.28 bits per heavy atom. The fourth-order valence-corrected chi connectivity index (χ4v) is 1.71. The largest absolute Gasteiger partial charge is 0.307 e. The van der Waals surface area contributed by atoms with E-state index >= 15 is 0 Å². The molecule has 2 rings (SSSR count). The molecular weight excluding hydrogens is 226 g/mol. The van der Waals surface area contributed by atoms with Crippen LogP contribution in [0.2, 0.25) is 0 Å². The Balaban J connectivity index is 2.10. The van der Waals surface area contributed by atoms with E-state index in [9.17, 15) is 4.79 Å². The van der Waals surface area contributed by atoms with E-state index in [2.05, 4.69) is 24.3 Å². The molecule has 0 radical (unpaired) electrons. The zero-order valence-corrected chi connectivity index (χ0v) is 10.6. The molecule has 0 atom stereocenters. The average Bonchev–Trinajstić information content (AvgIpc) is 2.77. The third kappa shape index (κ3) is 2.97. The highest BCUT2D eigenvalue weighted by Gasteiger charge is 2.09. The highest BCUT2D eigenvalue weighted by atomic mass is 16.1. The zero-order chi connectivity index (χ0) is 13.0. The molecule has 94 valence electrons. The van der Waals surface area contributed by atoms with Crippen LogP contribution in [0.3, 0.4) is 0 Å². The molecule has 0 saturated carbocycles. The molecule has 0 aliphatic rings. The zero-order valence-electron chi connectivity index (χ0n) is 10.6. The molecule has 0 aliphatic carbocycles. The van der Waals surface area contributed by atoms with E-state index < -0.39 is 0 Å². The van der Waals surface area contributed by atoms with Gasteiger partial charge in [-0.2, -0.15) is 5.10 Å². The van der Waals surface area contributed by atoms with Crippen molar-refractivity contribution in [2.24, 2.45) is 5.92 Å². The van der Waals surface area contributed by atoms with Gasteiger partial charge in [0.15, 0.2) is 0 Å². The van der Waals surface area contributed by atoms with Crippen LogP contribution in [0.5, 0.6) is 0 Å². The highest BCUT2D eigenvalue weighted by molar-refractivity contribution is 6.03. The maximum Gasteiger partial charge on any atom is 0.256 e. The molecule has 1 N–H and O–H groups in total. The minimum atomic E-state index is -0.110. The smallest absolute Gasteiger partial charge is 0.256 e. The lowest BCUT2D eigenvalue weighted by atomic mass is 10.2. The van der Waals surface area contributed by atoms with Gasteiger partial charge in [-0.25, -0.2) is 4.68 Å². The van der Waals surface area contributed by atoms with Crippen molar-refractivity contribution in [1.29, 1.82) is 0 Å². The van der Waals surface area contributed by atoms with Crippen LogP contribution in [-0.2, 0) is 6.54 Å². The van der Waals surface area contributed by atoms with Gasteiger partial charge in [0, 0.05) is 18.2 Å². The summed E-state index contributed by atoms with van der Waals surface area (Å²) in [6.45, 7) is 5.02. The van der Waals surface area contributed by atoms with Crippen molar-refractivity contribution in [2.75, 3.05) is 5.32 Å². The summed E-state index contributed by atoms with van der Waals surface area (Å²) in [5.41, 5.74) is 0.648. The highest BCUT2D eigenvalue weighted by Crippen LogP contribution is 2.11. The number of rotatable bonds is 4. The summed E-state index contributed by atoms with van der Waals surface area (Å²) in [5.74, 6) is 1.11. The predicted octanol–water partition coefficient (Wildman–Crippen LogP) is 2.79. The molecule has 4 nitrogen and oxygen atoms in total. The molecule has 4 heteroatoms. The van der Waals surface area contributed by atoms with Gasteiger partial charge < -0.3 is 5.32 Å². The number of amides is 1. The topological polar surface area (TPSA) is 46.9 Å². The van der Waals surface area contributed by atoms with Gasteiger partial charge in [-0.15, -0.1) is 0 Å². The fraction of sp³-hybridized carbons (Fsp3) is 0.286. The van der Waals surface area contributed by atoms with Crippen LogP contribution in [0.1, 0.15) is 24.2 Å². The van der Waals surface area contributed by atoms with Crippen molar-refractivity contribution in [2.45, 2.75) is 20.4 Å². The molecule has 0 bridgehead atoms. The van der Waals surface area contributed by atoms with Gasteiger partial charge in [-0.3, -0.25) is 4.79 Å². The molecule has 0 fully saturated rings. The molecule has 0 aliphatic heterocycles. The first-order valence-electron chi connectivity index (χ1n) is 6.05. The van der Waals surface area contributed by atoms with Gasteiger partial charge in [0.1, 0.15) is 5.82 Å². The summed E-state index contributed by atoms with van der Waals surface area (Å²) >= 11 is 0. The number of benzene rings is 1. The van der Waals surface area contributed by atoms with Crippen molar-refractivity contribution in [3.63, 3.8) is 0 Å². The van der Waals surface area contributed by atoms with Crippen LogP contribution < -0.4 is 5.32 Å². The van der Waals surface area contributed by atoms with E-state index in [-0.39, 0.29) is 5.91 Å². The maximum atomic E-state index is 12.0. The van der Waals surface area contributed by atoms with Crippen molar-refractivity contribution in [3.8, 4) is 0 Å². The summed E-state index contributed by atoms with van der Waals surface area (Å²) in [6, 6.07) is 11.0. The SMILES string of the molecule is CC(C)Cn1nccc1NC(=O)c1ccccc1. The van der Waals surface area contributed by atoms with E-state index in [1.807, 2.05) is 28.9 Å². The Labute approximate surface area is 107 Å². The molecule has 2 aromatic rings. The van der Waals surface area contributed by atoms with Crippen LogP contribution in [0, 0.1) is 5.92 Å². The van der Waals surface area contributed by atoms with Crippen molar-refractivity contribution >= 4 is 11.7 Å². The van der Waals surface area contributed by atoms with Crippen molar-refractivity contribution < 1.29 is 4.79 Å². The summed E-state index contributed by atoms with van der Waals surface area (Å²) in [6.07, 6.45) is 1.70. The molecule has 18 heavy (non-hydrogen) atoms. The first-order chi connectivity index (χ1) is 8.66. The lowest BCUT2D eigenvalue weighted by Crippen LogP contribution is -2.17. The van der Waals surface area contributed by atoms with Gasteiger partial charge in [-0.05, 0) is 18.1 Å². The van der Waals surface area contributed by atoms with E-state index in [1.165, 1.54) is 0 Å². The molecule has 0 unspecified atom stereocenters. The lowest BCUT2D eigenvalue weighted by molar-refractivity contribution is 0.102. The molecule has 1 heterocycles. The number of carbonyl (C=O) groups excluding carboxylic acids is 1. The van der Waals surface area contributed by atoms with Gasteiger partial charge in [0.25, 0.3) is 5.91 Å². The molecule has 1 amide bonds. The van der Waals surface area contributed by atoms with Crippen LogP contribution in [0.4, 0.5) is 5.82 Å². The fourth-order valence-electron chi connectivity index (χ4n) is 1.71. The maximum absolute atomic E-state index is 12.0. The summed E-state index contributed by atoms with van der Waals surface area (Å²) < 4.78 is 1.81. The van der Waals surface area contributed by atoms with Crippen LogP contribution in [0.15, 0.2) is 42.6 Å². The minimum Gasteiger partial charge on any atom is -0.307 e. The van der Waals surface area contributed by atoms with Crippen LogP contribution >= 0.6 is 0 Å². The Kier molecular flexibility index (Phi) is 3.77. The summed E-state index contributed by atoms with van der Waals surface area (Å²) in [5, 5.41) is 7.08. The number of hydrogen-bond acceptors (Lipinski definition) is 2. The summed E-state index contributed by atoms with van der Waals surface area (Å²) in [4.78, 5) is 12.0. The van der Waals surface area contributed by atoms with Gasteiger partial charge >= 0.3 is 0 Å². The monoisotopic (exact) mass is 243 g/mol. The molecule has 0 saturated heterocycles. The number of nitrogens with zero attached hydrogens (tertiary/aromatic N) is 2. The predicted molar refractivity (Wildman–Crippen MR) is 71.5 cm³/mol. The number of anilines is 1. The first-order valence-corrected chi connectivity index (χ1v) is 6.05. The number of hydrogen-bond donors (Lipinski definition) is 1. The standard InChI is InChI=1S/C14H17N3O/c1-11(2)10-17-13(8-9-15-17)16-14(18)12-6-4-3-5-7-12/h3-9,11H,10H2,1-2H3,(H,16,18). The average molecular weight is 243 g/mol. The van der Waals surface area contributed by atoms with Gasteiger partial charge in [0.2, 0.25) is 0 Å². The first kappa shape index (κ1) is 12.4. The Morgan fingerprint density at radius 3 is 2.67 bits per heavy atom. The Bertz CT molecular complexity index is 517. The summed E-state index contributed by atoms with van der Waals surface area (Å²) in [7, 11) is 0. The lowest BCUT2D eigenvalue weighted by Gasteiger charge is -2.10. The Hall–Kier alpha value is -2.10. The van der Waals surface area contributed by atoms with E-state index in [1.54, 1.807) is 18.3 Å². The quantitative estimate of drug-likeness (QED) is 0.897.